The summed E-state index contributed by atoms with van der Waals surface area (Å²) in [5.74, 6) is -1.82. The first-order valence-electron chi connectivity index (χ1n) is 14.6. The maximum absolute atomic E-state index is 15.1. The van der Waals surface area contributed by atoms with Gasteiger partial charge in [0, 0.05) is 30.6 Å². The molecule has 3 aliphatic rings. The van der Waals surface area contributed by atoms with E-state index in [1.54, 1.807) is 45.7 Å². The number of aliphatic hydroxyl groups excluding tert-OH is 1. The molecule has 2 aromatic carbocycles. The molecule has 3 amide bonds. The van der Waals surface area contributed by atoms with Crippen molar-refractivity contribution in [3.63, 3.8) is 0 Å². The van der Waals surface area contributed by atoms with Gasteiger partial charge >= 0.3 is 0 Å². The Morgan fingerprint density at radius 3 is 2.29 bits per heavy atom. The predicted molar refractivity (Wildman–Crippen MR) is 168 cm³/mol. The number of nitrogens with zero attached hydrogens (tertiary/aromatic N) is 3. The van der Waals surface area contributed by atoms with E-state index in [0.29, 0.717) is 13.0 Å². The lowest BCUT2D eigenvalue weighted by molar-refractivity contribution is -0.146. The maximum Gasteiger partial charge on any atom is 0.251 e. The van der Waals surface area contributed by atoms with Crippen molar-refractivity contribution in [3.8, 4) is 0 Å². The lowest BCUT2D eigenvalue weighted by atomic mass is 9.66. The zero-order chi connectivity index (χ0) is 30.4. The SMILES string of the molecule is C=CCN(C)C(=O)[C@H]1[C@H]2C(=O)N([C@H](CO)c3ccccc3)C(C(=O)N(CC=C)c3c(C)cccc3C)C23CC[C@]1(C)S3. The highest BCUT2D eigenvalue weighted by molar-refractivity contribution is 8.02. The third-order valence-corrected chi connectivity index (χ3v) is 11.5. The molecule has 0 aliphatic carbocycles. The van der Waals surface area contributed by atoms with Gasteiger partial charge in [0.15, 0.2) is 0 Å². The number of para-hydroxylation sites is 1. The minimum atomic E-state index is -0.874. The fourth-order valence-electron chi connectivity index (χ4n) is 7.70. The molecule has 2 aromatic rings. The molecule has 7 nitrogen and oxygen atoms in total. The molecule has 222 valence electrons. The molecule has 0 saturated carbocycles. The molecular formula is C34H41N3O4S. The maximum atomic E-state index is 15.1. The predicted octanol–water partition coefficient (Wildman–Crippen LogP) is 4.68. The second-order valence-electron chi connectivity index (χ2n) is 12.1. The first kappa shape index (κ1) is 30.1. The molecule has 6 atom stereocenters. The molecule has 2 unspecified atom stereocenters. The summed E-state index contributed by atoms with van der Waals surface area (Å²) in [6.07, 6.45) is 4.74. The summed E-state index contributed by atoms with van der Waals surface area (Å²) in [7, 11) is 1.74. The van der Waals surface area contributed by atoms with Crippen molar-refractivity contribution in [1.29, 1.82) is 0 Å². The molecule has 3 saturated heterocycles. The van der Waals surface area contributed by atoms with E-state index in [4.69, 9.17) is 0 Å². The van der Waals surface area contributed by atoms with E-state index >= 15 is 4.79 Å². The minimum absolute atomic E-state index is 0.101. The summed E-state index contributed by atoms with van der Waals surface area (Å²) in [5.41, 5.74) is 3.46. The summed E-state index contributed by atoms with van der Waals surface area (Å²) >= 11 is 1.64. The number of aliphatic hydroxyl groups is 1. The van der Waals surface area contributed by atoms with Crippen LogP contribution in [-0.2, 0) is 14.4 Å². The topological polar surface area (TPSA) is 81.2 Å². The van der Waals surface area contributed by atoms with E-state index in [1.165, 1.54) is 0 Å². The zero-order valence-electron chi connectivity index (χ0n) is 25.0. The number of hydrogen-bond donors (Lipinski definition) is 1. The number of benzene rings is 2. The number of carbonyl (C=O) groups excluding carboxylic acids is 3. The van der Waals surface area contributed by atoms with Gasteiger partial charge in [-0.15, -0.1) is 24.9 Å². The first-order valence-corrected chi connectivity index (χ1v) is 15.4. The monoisotopic (exact) mass is 587 g/mol. The van der Waals surface area contributed by atoms with Crippen LogP contribution in [0, 0.1) is 25.7 Å². The molecule has 3 heterocycles. The Labute approximate surface area is 253 Å². The molecule has 8 heteroatoms. The number of anilines is 1. The van der Waals surface area contributed by atoms with Crippen LogP contribution < -0.4 is 4.90 Å². The average molecular weight is 588 g/mol. The molecule has 42 heavy (non-hydrogen) atoms. The van der Waals surface area contributed by atoms with Gasteiger partial charge in [0.2, 0.25) is 11.8 Å². The van der Waals surface area contributed by atoms with Crippen LogP contribution in [0.15, 0.2) is 73.8 Å². The third kappa shape index (κ3) is 4.51. The van der Waals surface area contributed by atoms with Gasteiger partial charge < -0.3 is 19.8 Å². The molecule has 1 N–H and O–H groups in total. The second-order valence-corrected chi connectivity index (χ2v) is 14.0. The summed E-state index contributed by atoms with van der Waals surface area (Å²) < 4.78 is -1.29. The fraction of sp³-hybridized carbons (Fsp3) is 0.441. The fourth-order valence-corrected chi connectivity index (χ4v) is 10.0. The van der Waals surface area contributed by atoms with Crippen molar-refractivity contribution < 1.29 is 19.5 Å². The van der Waals surface area contributed by atoms with Crippen LogP contribution in [0.5, 0.6) is 0 Å². The quantitative estimate of drug-likeness (QED) is 0.409. The highest BCUT2D eigenvalue weighted by Gasteiger charge is 2.78. The summed E-state index contributed by atoms with van der Waals surface area (Å²) in [6, 6.07) is 13.7. The van der Waals surface area contributed by atoms with Crippen LogP contribution in [0.1, 0.15) is 42.5 Å². The van der Waals surface area contributed by atoms with Crippen LogP contribution in [0.4, 0.5) is 5.69 Å². The van der Waals surface area contributed by atoms with Gasteiger partial charge in [-0.3, -0.25) is 14.4 Å². The number of likely N-dealkylation sites (tertiary alicyclic amines) is 1. The van der Waals surface area contributed by atoms with Crippen molar-refractivity contribution in [1.82, 2.24) is 9.80 Å². The number of thioether (sulfide) groups is 1. The molecule has 2 bridgehead atoms. The summed E-state index contributed by atoms with van der Waals surface area (Å²) in [4.78, 5) is 48.8. The largest absolute Gasteiger partial charge is 0.394 e. The summed E-state index contributed by atoms with van der Waals surface area (Å²) in [6.45, 7) is 14.1. The second kappa shape index (κ2) is 11.4. The third-order valence-electron chi connectivity index (χ3n) is 9.47. The lowest BCUT2D eigenvalue weighted by Gasteiger charge is -2.40. The van der Waals surface area contributed by atoms with E-state index in [-0.39, 0.29) is 30.9 Å². The number of aryl methyl sites for hydroxylation is 2. The number of hydrogen-bond acceptors (Lipinski definition) is 5. The number of rotatable bonds is 10. The van der Waals surface area contributed by atoms with E-state index in [0.717, 1.165) is 28.8 Å². The standard InChI is InChI=1S/C34H41N3O4S/c1-7-19-35(6)30(39)26-27-31(40)37(25(21-38)24-15-10-9-11-16-24)29(34(27)18-17-33(26,5)42-34)32(41)36(20-8-2)28-22(3)13-12-14-23(28)4/h7-16,25-27,29,38H,1-2,17-21H2,3-6H3/t25-,26-,27+,29?,33+,34?/m1/s1. The van der Waals surface area contributed by atoms with Crippen LogP contribution >= 0.6 is 11.8 Å². The van der Waals surface area contributed by atoms with Gasteiger partial charge in [-0.25, -0.2) is 0 Å². The number of likely N-dealkylation sites (N-methyl/N-ethyl adjacent to an activating group) is 1. The Kier molecular flexibility index (Phi) is 8.16. The van der Waals surface area contributed by atoms with Crippen molar-refractivity contribution >= 4 is 35.2 Å². The van der Waals surface area contributed by atoms with Crippen LogP contribution in [-0.4, -0.2) is 74.9 Å². The first-order chi connectivity index (χ1) is 20.1. The normalized spacial score (nSPS) is 28.4. The molecule has 5 rings (SSSR count). The van der Waals surface area contributed by atoms with E-state index in [9.17, 15) is 14.7 Å². The van der Waals surface area contributed by atoms with Crippen molar-refractivity contribution in [2.24, 2.45) is 11.8 Å². The van der Waals surface area contributed by atoms with Gasteiger partial charge in [-0.1, -0.05) is 60.7 Å². The molecule has 0 radical (unpaired) electrons. The van der Waals surface area contributed by atoms with Crippen molar-refractivity contribution in [2.75, 3.05) is 31.6 Å². The highest BCUT2D eigenvalue weighted by Crippen LogP contribution is 2.72. The van der Waals surface area contributed by atoms with Gasteiger partial charge in [0.1, 0.15) is 6.04 Å². The van der Waals surface area contributed by atoms with Gasteiger partial charge in [0.05, 0.1) is 29.2 Å². The van der Waals surface area contributed by atoms with E-state index in [2.05, 4.69) is 20.1 Å². The van der Waals surface area contributed by atoms with Gasteiger partial charge in [-0.05, 0) is 50.3 Å². The minimum Gasteiger partial charge on any atom is -0.394 e. The Morgan fingerprint density at radius 2 is 1.69 bits per heavy atom. The Balaban J connectivity index is 1.70. The molecule has 3 fully saturated rings. The van der Waals surface area contributed by atoms with E-state index in [1.807, 2.05) is 62.4 Å². The van der Waals surface area contributed by atoms with Crippen LogP contribution in [0.25, 0.3) is 0 Å². The van der Waals surface area contributed by atoms with Crippen LogP contribution in [0.2, 0.25) is 0 Å². The van der Waals surface area contributed by atoms with Gasteiger partial charge in [-0.2, -0.15) is 0 Å². The molecular weight excluding hydrogens is 546 g/mol. The highest BCUT2D eigenvalue weighted by atomic mass is 32.2. The van der Waals surface area contributed by atoms with Crippen LogP contribution in [0.3, 0.4) is 0 Å². The Bertz CT molecular complexity index is 1390. The lowest BCUT2D eigenvalue weighted by Crippen LogP contribution is -2.56. The number of carbonyl (C=O) groups is 3. The van der Waals surface area contributed by atoms with Crippen molar-refractivity contribution in [3.05, 3.63) is 90.5 Å². The van der Waals surface area contributed by atoms with E-state index < -0.39 is 33.4 Å². The van der Waals surface area contributed by atoms with Gasteiger partial charge in [0.25, 0.3) is 5.91 Å². The Morgan fingerprint density at radius 1 is 1.05 bits per heavy atom. The molecule has 3 aliphatic heterocycles. The molecule has 0 aromatic heterocycles. The number of amides is 3. The average Bonchev–Trinajstić information content (AvgIpc) is 3.54. The zero-order valence-corrected chi connectivity index (χ0v) is 25.8. The number of fused-ring (bicyclic) bond motifs is 1. The van der Waals surface area contributed by atoms with Crippen molar-refractivity contribution in [2.45, 2.75) is 55.2 Å². The molecule has 1 spiro atoms. The summed E-state index contributed by atoms with van der Waals surface area (Å²) in [5, 5.41) is 10.8. The smallest absolute Gasteiger partial charge is 0.251 e. The Hall–Kier alpha value is -3.36.